The Labute approximate surface area is 73.1 Å². The second-order valence-corrected chi connectivity index (χ2v) is 5.60. The molecule has 1 aliphatic heterocycles. The standard InChI is InChI=1S/C7H14N2O2S/c1-7(10)9-3-5-12(11,8-2)6-4-9/h3-6H2,1-2H3. The maximum absolute atomic E-state index is 11.6. The van der Waals surface area contributed by atoms with E-state index < -0.39 is 9.73 Å². The molecular weight excluding hydrogens is 176 g/mol. The van der Waals surface area contributed by atoms with Crippen molar-refractivity contribution in [2.75, 3.05) is 31.6 Å². The summed E-state index contributed by atoms with van der Waals surface area (Å²) in [7, 11) is -0.374. The van der Waals surface area contributed by atoms with E-state index in [1.54, 1.807) is 11.9 Å². The van der Waals surface area contributed by atoms with Gasteiger partial charge in [0.1, 0.15) is 0 Å². The Morgan fingerprint density at radius 1 is 1.42 bits per heavy atom. The van der Waals surface area contributed by atoms with Gasteiger partial charge >= 0.3 is 0 Å². The summed E-state index contributed by atoms with van der Waals surface area (Å²) in [6, 6.07) is 0. The van der Waals surface area contributed by atoms with Gasteiger partial charge in [-0.15, -0.1) is 0 Å². The summed E-state index contributed by atoms with van der Waals surface area (Å²) in [5, 5.41) is 0. The van der Waals surface area contributed by atoms with E-state index in [0.29, 0.717) is 24.6 Å². The molecule has 0 aromatic rings. The molecule has 1 amide bonds. The summed E-state index contributed by atoms with van der Waals surface area (Å²) in [4.78, 5) is 12.6. The molecule has 0 radical (unpaired) electrons. The van der Waals surface area contributed by atoms with Crippen molar-refractivity contribution in [3.8, 4) is 0 Å². The highest BCUT2D eigenvalue weighted by Crippen LogP contribution is 2.06. The predicted octanol–water partition coefficient (Wildman–Crippen LogP) is -0.0537. The molecule has 0 unspecified atom stereocenters. The molecule has 1 fully saturated rings. The van der Waals surface area contributed by atoms with Crippen molar-refractivity contribution in [3.05, 3.63) is 0 Å². The minimum Gasteiger partial charge on any atom is -0.341 e. The zero-order valence-corrected chi connectivity index (χ0v) is 8.26. The first-order valence-corrected chi connectivity index (χ1v) is 5.79. The lowest BCUT2D eigenvalue weighted by Crippen LogP contribution is -2.42. The highest BCUT2D eigenvalue weighted by Gasteiger charge is 2.20. The molecule has 1 heterocycles. The normalized spacial score (nSPS) is 22.0. The molecule has 4 nitrogen and oxygen atoms in total. The van der Waals surface area contributed by atoms with Gasteiger partial charge in [0.05, 0.1) is 0 Å². The third-order valence-electron chi connectivity index (χ3n) is 2.14. The summed E-state index contributed by atoms with van der Waals surface area (Å²) in [6.07, 6.45) is 0. The van der Waals surface area contributed by atoms with Gasteiger partial charge in [-0.05, 0) is 0 Å². The number of hydrogen-bond acceptors (Lipinski definition) is 3. The average molecular weight is 190 g/mol. The molecular formula is C7H14N2O2S. The van der Waals surface area contributed by atoms with Crippen molar-refractivity contribution in [1.29, 1.82) is 0 Å². The molecule has 0 aromatic carbocycles. The van der Waals surface area contributed by atoms with Crippen LogP contribution in [0.4, 0.5) is 0 Å². The van der Waals surface area contributed by atoms with E-state index in [1.807, 2.05) is 0 Å². The Morgan fingerprint density at radius 2 is 1.92 bits per heavy atom. The van der Waals surface area contributed by atoms with Crippen LogP contribution in [0.1, 0.15) is 6.92 Å². The van der Waals surface area contributed by atoms with E-state index in [9.17, 15) is 9.00 Å². The number of nitrogens with zero attached hydrogens (tertiary/aromatic N) is 2. The maximum atomic E-state index is 11.6. The van der Waals surface area contributed by atoms with Crippen molar-refractivity contribution in [1.82, 2.24) is 4.90 Å². The Kier molecular flexibility index (Phi) is 2.72. The molecule has 0 N–H and O–H groups in total. The van der Waals surface area contributed by atoms with Crippen LogP contribution < -0.4 is 0 Å². The quantitative estimate of drug-likeness (QED) is 0.537. The fourth-order valence-electron chi connectivity index (χ4n) is 1.22. The van der Waals surface area contributed by atoms with E-state index in [-0.39, 0.29) is 5.91 Å². The summed E-state index contributed by atoms with van der Waals surface area (Å²) in [6.45, 7) is 2.72. The van der Waals surface area contributed by atoms with Gasteiger partial charge < -0.3 is 4.90 Å². The van der Waals surface area contributed by atoms with Crippen LogP contribution in [0, 0.1) is 0 Å². The third kappa shape index (κ3) is 1.97. The molecule has 1 aliphatic rings. The Morgan fingerprint density at radius 3 is 2.25 bits per heavy atom. The minimum absolute atomic E-state index is 0.0625. The van der Waals surface area contributed by atoms with Crippen molar-refractivity contribution < 1.29 is 9.00 Å². The molecule has 0 spiro atoms. The van der Waals surface area contributed by atoms with Gasteiger partial charge in [-0.2, -0.15) is 0 Å². The first-order chi connectivity index (χ1) is 5.57. The molecule has 0 aliphatic carbocycles. The van der Waals surface area contributed by atoms with Crippen LogP contribution in [0.5, 0.6) is 0 Å². The fourth-order valence-corrected chi connectivity index (χ4v) is 2.80. The molecule has 1 rings (SSSR count). The molecule has 0 bridgehead atoms. The summed E-state index contributed by atoms with van der Waals surface area (Å²) >= 11 is 0. The van der Waals surface area contributed by atoms with E-state index in [0.717, 1.165) is 0 Å². The van der Waals surface area contributed by atoms with E-state index in [2.05, 4.69) is 4.36 Å². The molecule has 0 atom stereocenters. The molecule has 0 saturated carbocycles. The molecule has 5 heteroatoms. The molecule has 70 valence electrons. The van der Waals surface area contributed by atoms with Gasteiger partial charge in [0.25, 0.3) is 0 Å². The SMILES string of the molecule is CN=S1(=O)CCN(C(C)=O)CC1. The van der Waals surface area contributed by atoms with Gasteiger partial charge in [0, 0.05) is 48.3 Å². The van der Waals surface area contributed by atoms with Gasteiger partial charge in [-0.3, -0.25) is 4.79 Å². The number of amides is 1. The smallest absolute Gasteiger partial charge is 0.219 e. The zero-order chi connectivity index (χ0) is 9.19. The number of hydrogen-bond donors (Lipinski definition) is 0. The zero-order valence-electron chi connectivity index (χ0n) is 7.45. The Balaban J connectivity index is 2.62. The van der Waals surface area contributed by atoms with Crippen LogP contribution in [0.15, 0.2) is 4.36 Å². The van der Waals surface area contributed by atoms with E-state index in [1.165, 1.54) is 6.92 Å². The van der Waals surface area contributed by atoms with Crippen molar-refractivity contribution in [3.63, 3.8) is 0 Å². The topological polar surface area (TPSA) is 49.7 Å². The van der Waals surface area contributed by atoms with Crippen LogP contribution in [0.25, 0.3) is 0 Å². The van der Waals surface area contributed by atoms with Gasteiger partial charge in [-0.1, -0.05) is 0 Å². The summed E-state index contributed by atoms with van der Waals surface area (Å²) < 4.78 is 15.5. The maximum Gasteiger partial charge on any atom is 0.219 e. The van der Waals surface area contributed by atoms with Gasteiger partial charge in [0.2, 0.25) is 5.91 Å². The lowest BCUT2D eigenvalue weighted by atomic mass is 10.5. The molecule has 0 aromatic heterocycles. The largest absolute Gasteiger partial charge is 0.341 e. The van der Waals surface area contributed by atoms with Gasteiger partial charge in [-0.25, -0.2) is 8.57 Å². The predicted molar refractivity (Wildman–Crippen MR) is 48.5 cm³/mol. The highest BCUT2D eigenvalue weighted by molar-refractivity contribution is 7.93. The number of carbonyl (C=O) groups is 1. The fraction of sp³-hybridized carbons (Fsp3) is 0.857. The Bertz CT molecular complexity index is 278. The van der Waals surface area contributed by atoms with Crippen molar-refractivity contribution in [2.45, 2.75) is 6.92 Å². The first kappa shape index (κ1) is 9.51. The van der Waals surface area contributed by atoms with Crippen LogP contribution in [-0.2, 0) is 14.5 Å². The summed E-state index contributed by atoms with van der Waals surface area (Å²) in [5.74, 6) is 1.12. The second kappa shape index (κ2) is 3.43. The molecule has 12 heavy (non-hydrogen) atoms. The average Bonchev–Trinajstić information content (AvgIpc) is 2.05. The lowest BCUT2D eigenvalue weighted by molar-refractivity contribution is -0.128. The number of rotatable bonds is 0. The van der Waals surface area contributed by atoms with E-state index in [4.69, 9.17) is 0 Å². The third-order valence-corrected chi connectivity index (χ3v) is 4.44. The second-order valence-electron chi connectivity index (χ2n) is 2.87. The lowest BCUT2D eigenvalue weighted by Gasteiger charge is -2.27. The number of carbonyl (C=O) groups excluding carboxylic acids is 1. The monoisotopic (exact) mass is 190 g/mol. The Hall–Kier alpha value is -0.580. The highest BCUT2D eigenvalue weighted by atomic mass is 32.2. The van der Waals surface area contributed by atoms with Crippen LogP contribution in [0.3, 0.4) is 0 Å². The van der Waals surface area contributed by atoms with Crippen LogP contribution in [0.2, 0.25) is 0 Å². The van der Waals surface area contributed by atoms with Crippen LogP contribution in [-0.4, -0.2) is 46.7 Å². The van der Waals surface area contributed by atoms with Crippen molar-refractivity contribution in [2.24, 2.45) is 4.36 Å². The van der Waals surface area contributed by atoms with Crippen LogP contribution >= 0.6 is 0 Å². The van der Waals surface area contributed by atoms with E-state index >= 15 is 0 Å². The van der Waals surface area contributed by atoms with Gasteiger partial charge in [0.15, 0.2) is 0 Å². The molecule has 1 saturated heterocycles. The van der Waals surface area contributed by atoms with Crippen molar-refractivity contribution >= 4 is 15.6 Å². The summed E-state index contributed by atoms with van der Waals surface area (Å²) in [5.41, 5.74) is 0. The first-order valence-electron chi connectivity index (χ1n) is 3.93. The minimum atomic E-state index is -1.96.